The van der Waals surface area contributed by atoms with Crippen LogP contribution in [0, 0.1) is 17.7 Å². The lowest BCUT2D eigenvalue weighted by Crippen LogP contribution is -2.37. The minimum atomic E-state index is -3.05. The van der Waals surface area contributed by atoms with Gasteiger partial charge in [0.15, 0.2) is 9.84 Å². The van der Waals surface area contributed by atoms with Gasteiger partial charge in [0, 0.05) is 11.7 Å². The monoisotopic (exact) mass is 340 g/mol. The number of sulfone groups is 1. The van der Waals surface area contributed by atoms with Crippen molar-refractivity contribution in [3.63, 3.8) is 0 Å². The number of benzene rings is 1. The van der Waals surface area contributed by atoms with Crippen LogP contribution in [0.1, 0.15) is 12.8 Å². The van der Waals surface area contributed by atoms with Gasteiger partial charge in [-0.3, -0.25) is 9.59 Å². The normalized spacial score (nSPS) is 28.1. The molecule has 0 radical (unpaired) electrons. The number of amides is 2. The summed E-state index contributed by atoms with van der Waals surface area (Å²) in [5.74, 6) is -1.89. The number of rotatable bonds is 4. The second-order valence-electron chi connectivity index (χ2n) is 6.06. The Bertz CT molecular complexity index is 750. The van der Waals surface area contributed by atoms with E-state index in [2.05, 4.69) is 10.6 Å². The lowest BCUT2D eigenvalue weighted by molar-refractivity contribution is -0.125. The fraction of sp³-hybridized carbons (Fsp3) is 0.467. The van der Waals surface area contributed by atoms with Gasteiger partial charge >= 0.3 is 0 Å². The summed E-state index contributed by atoms with van der Waals surface area (Å²) in [6, 6.07) is 5.18. The highest BCUT2D eigenvalue weighted by molar-refractivity contribution is 7.91. The summed E-state index contributed by atoms with van der Waals surface area (Å²) in [5.41, 5.74) is 0.350. The van der Waals surface area contributed by atoms with Gasteiger partial charge in [0.1, 0.15) is 5.82 Å². The third-order valence-corrected chi connectivity index (χ3v) is 5.90. The molecule has 0 bridgehead atoms. The van der Waals surface area contributed by atoms with Crippen molar-refractivity contribution in [2.75, 3.05) is 16.8 Å². The summed E-state index contributed by atoms with van der Waals surface area (Å²) in [5, 5.41) is 5.28. The van der Waals surface area contributed by atoms with Crippen LogP contribution in [-0.4, -0.2) is 37.8 Å². The van der Waals surface area contributed by atoms with Gasteiger partial charge in [-0.25, -0.2) is 12.8 Å². The van der Waals surface area contributed by atoms with Crippen molar-refractivity contribution in [2.45, 2.75) is 18.9 Å². The Morgan fingerprint density at radius 1 is 1.17 bits per heavy atom. The van der Waals surface area contributed by atoms with Crippen LogP contribution < -0.4 is 10.6 Å². The molecule has 2 aliphatic rings. The molecule has 3 atom stereocenters. The zero-order chi connectivity index (χ0) is 16.6. The van der Waals surface area contributed by atoms with Crippen molar-refractivity contribution in [1.29, 1.82) is 0 Å². The van der Waals surface area contributed by atoms with Crippen LogP contribution in [0.25, 0.3) is 0 Å². The zero-order valence-corrected chi connectivity index (χ0v) is 13.1. The van der Waals surface area contributed by atoms with E-state index in [-0.39, 0.29) is 29.4 Å². The summed E-state index contributed by atoms with van der Waals surface area (Å²) in [4.78, 5) is 24.1. The molecule has 1 aromatic carbocycles. The molecule has 1 aromatic rings. The van der Waals surface area contributed by atoms with Crippen LogP contribution in [0.5, 0.6) is 0 Å². The topological polar surface area (TPSA) is 92.3 Å². The van der Waals surface area contributed by atoms with E-state index in [1.807, 2.05) is 0 Å². The molecule has 23 heavy (non-hydrogen) atoms. The second-order valence-corrected chi connectivity index (χ2v) is 8.29. The first-order valence-electron chi connectivity index (χ1n) is 7.41. The third kappa shape index (κ3) is 3.87. The number of anilines is 1. The standard InChI is InChI=1S/C15H17FN2O4S/c16-9-2-1-3-10(6-9)17-14(19)12-7-13(12)15(20)18-11-4-5-23(21,22)8-11/h1-3,6,11-13H,4-5,7-8H2,(H,17,19)(H,18,20). The highest BCUT2D eigenvalue weighted by atomic mass is 32.2. The smallest absolute Gasteiger partial charge is 0.228 e. The minimum absolute atomic E-state index is 0.0361. The molecule has 0 spiro atoms. The van der Waals surface area contributed by atoms with Gasteiger partial charge in [0.05, 0.1) is 23.3 Å². The molecule has 8 heteroatoms. The molecule has 3 unspecified atom stereocenters. The SMILES string of the molecule is O=C(Nc1cccc(F)c1)C1CC1C(=O)NC1CCS(=O)(=O)C1. The highest BCUT2D eigenvalue weighted by Crippen LogP contribution is 2.39. The van der Waals surface area contributed by atoms with Crippen molar-refractivity contribution in [3.05, 3.63) is 30.1 Å². The van der Waals surface area contributed by atoms with Gasteiger partial charge in [0.25, 0.3) is 0 Å². The highest BCUT2D eigenvalue weighted by Gasteiger charge is 2.48. The Balaban J connectivity index is 1.50. The van der Waals surface area contributed by atoms with E-state index in [0.717, 1.165) is 0 Å². The van der Waals surface area contributed by atoms with Crippen molar-refractivity contribution in [1.82, 2.24) is 5.32 Å². The number of carbonyl (C=O) groups is 2. The summed E-state index contributed by atoms with van der Waals surface area (Å²) in [6.07, 6.45) is 0.841. The molecule has 1 saturated heterocycles. The Labute approximate surface area is 133 Å². The third-order valence-electron chi connectivity index (χ3n) is 4.13. The van der Waals surface area contributed by atoms with Crippen molar-refractivity contribution in [2.24, 2.45) is 11.8 Å². The van der Waals surface area contributed by atoms with E-state index >= 15 is 0 Å². The number of carbonyl (C=O) groups excluding carboxylic acids is 2. The van der Waals surface area contributed by atoms with Gasteiger partial charge in [-0.05, 0) is 31.0 Å². The average Bonchev–Trinajstić information content (AvgIpc) is 3.19. The average molecular weight is 340 g/mol. The van der Waals surface area contributed by atoms with Crippen LogP contribution in [0.4, 0.5) is 10.1 Å². The van der Waals surface area contributed by atoms with Crippen LogP contribution >= 0.6 is 0 Å². The van der Waals surface area contributed by atoms with E-state index < -0.39 is 27.5 Å². The van der Waals surface area contributed by atoms with Gasteiger partial charge in [0.2, 0.25) is 11.8 Å². The lowest BCUT2D eigenvalue weighted by atomic mass is 10.2. The van der Waals surface area contributed by atoms with Gasteiger partial charge in [-0.2, -0.15) is 0 Å². The first kappa shape index (κ1) is 15.9. The van der Waals surface area contributed by atoms with Gasteiger partial charge in [-0.15, -0.1) is 0 Å². The molecular weight excluding hydrogens is 323 g/mol. The van der Waals surface area contributed by atoms with E-state index in [9.17, 15) is 22.4 Å². The number of halogens is 1. The molecule has 3 rings (SSSR count). The predicted molar refractivity (Wildman–Crippen MR) is 81.8 cm³/mol. The zero-order valence-electron chi connectivity index (χ0n) is 12.3. The molecular formula is C15H17FN2O4S. The van der Waals surface area contributed by atoms with Crippen LogP contribution in [0.3, 0.4) is 0 Å². The summed E-state index contributed by atoms with van der Waals surface area (Å²) in [6.45, 7) is 0. The molecule has 1 aliphatic heterocycles. The van der Waals surface area contributed by atoms with E-state index in [1.54, 1.807) is 6.07 Å². The molecule has 2 fully saturated rings. The van der Waals surface area contributed by atoms with Crippen molar-refractivity contribution in [3.8, 4) is 0 Å². The molecule has 2 amide bonds. The van der Waals surface area contributed by atoms with E-state index in [0.29, 0.717) is 18.5 Å². The fourth-order valence-electron chi connectivity index (χ4n) is 2.79. The van der Waals surface area contributed by atoms with Crippen LogP contribution in [0.15, 0.2) is 24.3 Å². The Morgan fingerprint density at radius 2 is 1.91 bits per heavy atom. The maximum atomic E-state index is 13.1. The van der Waals surface area contributed by atoms with Crippen molar-refractivity contribution >= 4 is 27.3 Å². The first-order valence-corrected chi connectivity index (χ1v) is 9.23. The Morgan fingerprint density at radius 3 is 2.57 bits per heavy atom. The number of hydrogen-bond donors (Lipinski definition) is 2. The fourth-order valence-corrected chi connectivity index (χ4v) is 4.47. The van der Waals surface area contributed by atoms with Gasteiger partial charge < -0.3 is 10.6 Å². The molecule has 1 aliphatic carbocycles. The summed E-state index contributed by atoms with van der Waals surface area (Å²) >= 11 is 0. The molecule has 124 valence electrons. The molecule has 1 saturated carbocycles. The minimum Gasteiger partial charge on any atom is -0.352 e. The first-order chi connectivity index (χ1) is 10.8. The van der Waals surface area contributed by atoms with Crippen molar-refractivity contribution < 1.29 is 22.4 Å². The summed E-state index contributed by atoms with van der Waals surface area (Å²) in [7, 11) is -3.05. The number of nitrogens with one attached hydrogen (secondary N) is 2. The largest absolute Gasteiger partial charge is 0.352 e. The second kappa shape index (κ2) is 5.92. The Hall–Kier alpha value is -1.96. The maximum Gasteiger partial charge on any atom is 0.228 e. The quantitative estimate of drug-likeness (QED) is 0.844. The van der Waals surface area contributed by atoms with E-state index in [1.165, 1.54) is 18.2 Å². The molecule has 2 N–H and O–H groups in total. The Kier molecular flexibility index (Phi) is 4.09. The van der Waals surface area contributed by atoms with Crippen LogP contribution in [0.2, 0.25) is 0 Å². The van der Waals surface area contributed by atoms with Gasteiger partial charge in [-0.1, -0.05) is 6.07 Å². The lowest BCUT2D eigenvalue weighted by Gasteiger charge is -2.10. The molecule has 6 nitrogen and oxygen atoms in total. The number of hydrogen-bond acceptors (Lipinski definition) is 4. The van der Waals surface area contributed by atoms with Crippen LogP contribution in [-0.2, 0) is 19.4 Å². The van der Waals surface area contributed by atoms with E-state index in [4.69, 9.17) is 0 Å². The molecule has 0 aromatic heterocycles. The molecule has 1 heterocycles. The summed E-state index contributed by atoms with van der Waals surface area (Å²) < 4.78 is 35.8. The predicted octanol–water partition coefficient (Wildman–Crippen LogP) is 0.704. The maximum absolute atomic E-state index is 13.1.